The predicted molar refractivity (Wildman–Crippen MR) is 101 cm³/mol. The lowest BCUT2D eigenvalue weighted by Crippen LogP contribution is -2.45. The number of carbonyl (C=O) groups excluding carboxylic acids is 2. The van der Waals surface area contributed by atoms with E-state index in [-0.39, 0.29) is 11.8 Å². The summed E-state index contributed by atoms with van der Waals surface area (Å²) in [4.78, 5) is 24.4. The first-order valence-corrected chi connectivity index (χ1v) is 9.31. The second-order valence-corrected chi connectivity index (χ2v) is 7.03. The quantitative estimate of drug-likeness (QED) is 0.662. The molecule has 0 spiro atoms. The summed E-state index contributed by atoms with van der Waals surface area (Å²) in [5.41, 5.74) is 0. The molecule has 25 heavy (non-hydrogen) atoms. The van der Waals surface area contributed by atoms with Gasteiger partial charge in [-0.15, -0.1) is 11.3 Å². The van der Waals surface area contributed by atoms with Crippen LogP contribution in [0.2, 0.25) is 10.0 Å². The molecule has 0 bridgehead atoms. The van der Waals surface area contributed by atoms with Crippen LogP contribution in [0.25, 0.3) is 0 Å². The molecule has 1 atom stereocenters. The SMILES string of the molecule is CC(NC(=O)c1cccs1)C(=O)NCCCOc1ccc(Cl)cc1Cl. The van der Waals surface area contributed by atoms with Gasteiger partial charge in [0.05, 0.1) is 16.5 Å². The zero-order valence-corrected chi connectivity index (χ0v) is 15.9. The zero-order chi connectivity index (χ0) is 18.2. The highest BCUT2D eigenvalue weighted by Crippen LogP contribution is 2.27. The summed E-state index contributed by atoms with van der Waals surface area (Å²) in [6.07, 6.45) is 0.607. The van der Waals surface area contributed by atoms with Crippen molar-refractivity contribution < 1.29 is 14.3 Å². The lowest BCUT2D eigenvalue weighted by atomic mass is 10.3. The average Bonchev–Trinajstić information content (AvgIpc) is 3.10. The third kappa shape index (κ3) is 6.23. The molecule has 1 aromatic carbocycles. The molecule has 2 N–H and O–H groups in total. The van der Waals surface area contributed by atoms with Gasteiger partial charge in [-0.2, -0.15) is 0 Å². The van der Waals surface area contributed by atoms with Crippen LogP contribution in [-0.2, 0) is 4.79 Å². The number of nitrogens with one attached hydrogen (secondary N) is 2. The maximum atomic E-state index is 12.0. The largest absolute Gasteiger partial charge is 0.492 e. The van der Waals surface area contributed by atoms with Crippen molar-refractivity contribution in [1.29, 1.82) is 0 Å². The lowest BCUT2D eigenvalue weighted by molar-refractivity contribution is -0.122. The Hall–Kier alpha value is -1.76. The van der Waals surface area contributed by atoms with Crippen molar-refractivity contribution in [2.45, 2.75) is 19.4 Å². The van der Waals surface area contributed by atoms with Crippen LogP contribution in [0.3, 0.4) is 0 Å². The van der Waals surface area contributed by atoms with Crippen LogP contribution >= 0.6 is 34.5 Å². The normalized spacial score (nSPS) is 11.6. The van der Waals surface area contributed by atoms with Crippen molar-refractivity contribution in [3.05, 3.63) is 50.6 Å². The van der Waals surface area contributed by atoms with Gasteiger partial charge in [0.2, 0.25) is 5.91 Å². The third-order valence-electron chi connectivity index (χ3n) is 3.26. The van der Waals surface area contributed by atoms with E-state index in [1.807, 2.05) is 5.38 Å². The van der Waals surface area contributed by atoms with Crippen LogP contribution in [-0.4, -0.2) is 31.0 Å². The molecular weight excluding hydrogens is 383 g/mol. The van der Waals surface area contributed by atoms with Gasteiger partial charge < -0.3 is 15.4 Å². The minimum Gasteiger partial charge on any atom is -0.492 e. The van der Waals surface area contributed by atoms with Crippen LogP contribution in [0, 0.1) is 0 Å². The van der Waals surface area contributed by atoms with Crippen molar-refractivity contribution in [2.75, 3.05) is 13.2 Å². The fourth-order valence-electron chi connectivity index (χ4n) is 1.95. The van der Waals surface area contributed by atoms with E-state index in [1.165, 1.54) is 11.3 Å². The van der Waals surface area contributed by atoms with E-state index in [1.54, 1.807) is 37.3 Å². The molecule has 0 saturated heterocycles. The molecule has 2 aromatic rings. The zero-order valence-electron chi connectivity index (χ0n) is 13.6. The summed E-state index contributed by atoms with van der Waals surface area (Å²) >= 11 is 13.2. The summed E-state index contributed by atoms with van der Waals surface area (Å²) in [6, 6.07) is 7.90. The summed E-state index contributed by atoms with van der Waals surface area (Å²) in [5.74, 6) is 0.0572. The molecule has 0 aliphatic carbocycles. The van der Waals surface area contributed by atoms with Crippen molar-refractivity contribution >= 4 is 46.4 Å². The Labute approximate surface area is 160 Å². The van der Waals surface area contributed by atoms with Gasteiger partial charge >= 0.3 is 0 Å². The van der Waals surface area contributed by atoms with Gasteiger partial charge in [-0.25, -0.2) is 0 Å². The fraction of sp³-hybridized carbons (Fsp3) is 0.294. The Kier molecular flexibility index (Phi) is 7.55. The maximum Gasteiger partial charge on any atom is 0.261 e. The van der Waals surface area contributed by atoms with Crippen molar-refractivity contribution in [1.82, 2.24) is 10.6 Å². The van der Waals surface area contributed by atoms with Crippen molar-refractivity contribution in [3.63, 3.8) is 0 Å². The third-order valence-corrected chi connectivity index (χ3v) is 4.66. The van der Waals surface area contributed by atoms with Gasteiger partial charge in [-0.05, 0) is 43.0 Å². The molecular formula is C17H18Cl2N2O3S. The molecule has 1 heterocycles. The van der Waals surface area contributed by atoms with Crippen LogP contribution in [0.1, 0.15) is 23.0 Å². The lowest BCUT2D eigenvalue weighted by Gasteiger charge is -2.14. The number of amides is 2. The van der Waals surface area contributed by atoms with E-state index in [0.29, 0.717) is 40.2 Å². The fourth-order valence-corrected chi connectivity index (χ4v) is 3.04. The molecule has 2 amide bonds. The minimum atomic E-state index is -0.610. The molecule has 0 radical (unpaired) electrons. The first kappa shape index (κ1) is 19.6. The highest BCUT2D eigenvalue weighted by Gasteiger charge is 2.16. The molecule has 0 aliphatic rings. The molecule has 134 valence electrons. The van der Waals surface area contributed by atoms with Crippen LogP contribution in [0.15, 0.2) is 35.7 Å². The smallest absolute Gasteiger partial charge is 0.261 e. The van der Waals surface area contributed by atoms with Gasteiger partial charge in [0.25, 0.3) is 5.91 Å². The van der Waals surface area contributed by atoms with Crippen molar-refractivity contribution in [3.8, 4) is 5.75 Å². The molecule has 5 nitrogen and oxygen atoms in total. The minimum absolute atomic E-state index is 0.241. The Morgan fingerprint density at radius 2 is 2.08 bits per heavy atom. The highest BCUT2D eigenvalue weighted by atomic mass is 35.5. The number of carbonyl (C=O) groups is 2. The Bertz CT molecular complexity index is 723. The number of hydrogen-bond acceptors (Lipinski definition) is 4. The first-order chi connectivity index (χ1) is 12.0. The van der Waals surface area contributed by atoms with Gasteiger partial charge in [-0.3, -0.25) is 9.59 Å². The van der Waals surface area contributed by atoms with Crippen LogP contribution in [0.5, 0.6) is 5.75 Å². The predicted octanol–water partition coefficient (Wildman–Crippen LogP) is 3.76. The van der Waals surface area contributed by atoms with E-state index in [4.69, 9.17) is 27.9 Å². The van der Waals surface area contributed by atoms with E-state index >= 15 is 0 Å². The number of hydrogen-bond donors (Lipinski definition) is 2. The molecule has 0 fully saturated rings. The monoisotopic (exact) mass is 400 g/mol. The molecule has 0 saturated carbocycles. The van der Waals surface area contributed by atoms with Crippen LogP contribution in [0.4, 0.5) is 0 Å². The second kappa shape index (κ2) is 9.65. The number of halogens is 2. The van der Waals surface area contributed by atoms with Gasteiger partial charge in [0.1, 0.15) is 11.8 Å². The summed E-state index contributed by atoms with van der Waals surface area (Å²) in [7, 11) is 0. The molecule has 2 rings (SSSR count). The second-order valence-electron chi connectivity index (χ2n) is 5.24. The number of rotatable bonds is 8. The number of thiophene rings is 1. The maximum absolute atomic E-state index is 12.0. The number of ether oxygens (including phenoxy) is 1. The number of benzene rings is 1. The van der Waals surface area contributed by atoms with E-state index in [2.05, 4.69) is 10.6 Å². The van der Waals surface area contributed by atoms with Gasteiger partial charge in [-0.1, -0.05) is 29.3 Å². The van der Waals surface area contributed by atoms with Gasteiger partial charge in [0, 0.05) is 11.6 Å². The molecule has 0 aliphatic heterocycles. The standard InChI is InChI=1S/C17H18Cl2N2O3S/c1-11(21-17(23)15-4-2-9-25-15)16(22)20-7-3-8-24-14-6-5-12(18)10-13(14)19/h2,4-6,9-11H,3,7-8H2,1H3,(H,20,22)(H,21,23). The summed E-state index contributed by atoms with van der Waals surface area (Å²) < 4.78 is 5.54. The van der Waals surface area contributed by atoms with Gasteiger partial charge in [0.15, 0.2) is 0 Å². The average molecular weight is 401 g/mol. The summed E-state index contributed by atoms with van der Waals surface area (Å²) in [5, 5.41) is 8.22. The first-order valence-electron chi connectivity index (χ1n) is 7.67. The topological polar surface area (TPSA) is 67.4 Å². The van der Waals surface area contributed by atoms with Crippen molar-refractivity contribution in [2.24, 2.45) is 0 Å². The Morgan fingerprint density at radius 1 is 1.28 bits per heavy atom. The van der Waals surface area contributed by atoms with Crippen LogP contribution < -0.4 is 15.4 Å². The molecule has 8 heteroatoms. The van der Waals surface area contributed by atoms with E-state index in [0.717, 1.165) is 0 Å². The molecule has 1 unspecified atom stereocenters. The Morgan fingerprint density at radius 3 is 2.76 bits per heavy atom. The highest BCUT2D eigenvalue weighted by molar-refractivity contribution is 7.12. The summed E-state index contributed by atoms with van der Waals surface area (Å²) in [6.45, 7) is 2.48. The van der Waals surface area contributed by atoms with E-state index in [9.17, 15) is 9.59 Å². The van der Waals surface area contributed by atoms with E-state index < -0.39 is 6.04 Å². The molecule has 1 aromatic heterocycles. The Balaban J connectivity index is 1.65.